The Bertz CT molecular complexity index is 1350. The van der Waals surface area contributed by atoms with Crippen LogP contribution < -0.4 is 5.32 Å². The van der Waals surface area contributed by atoms with Gasteiger partial charge in [0.2, 0.25) is 0 Å². The molecule has 0 saturated heterocycles. The van der Waals surface area contributed by atoms with Crippen molar-refractivity contribution in [3.8, 4) is 16.8 Å². The predicted octanol–water partition coefficient (Wildman–Crippen LogP) is 4.76. The number of aromatic nitrogens is 4. The third-order valence-corrected chi connectivity index (χ3v) is 6.28. The fourth-order valence-electron chi connectivity index (χ4n) is 4.04. The summed E-state index contributed by atoms with van der Waals surface area (Å²) in [6.45, 7) is 1.79. The van der Waals surface area contributed by atoms with Crippen LogP contribution >= 0.6 is 0 Å². The van der Waals surface area contributed by atoms with Gasteiger partial charge in [-0.25, -0.2) is 4.79 Å². The minimum Gasteiger partial charge on any atom is -0.481 e. The highest BCUT2D eigenvalue weighted by atomic mass is 16.6. The number of carboxylic acid groups (broad SMARTS) is 1. The van der Waals surface area contributed by atoms with Crippen LogP contribution in [0.25, 0.3) is 16.8 Å². The lowest BCUT2D eigenvalue weighted by molar-refractivity contribution is -0.140. The van der Waals surface area contributed by atoms with E-state index in [1.54, 1.807) is 6.92 Å². The van der Waals surface area contributed by atoms with Crippen LogP contribution in [0.3, 0.4) is 0 Å². The van der Waals surface area contributed by atoms with Gasteiger partial charge in [0.25, 0.3) is 5.95 Å². The molecule has 35 heavy (non-hydrogen) atoms. The van der Waals surface area contributed by atoms with Crippen LogP contribution in [0.1, 0.15) is 37.0 Å². The van der Waals surface area contributed by atoms with Crippen molar-refractivity contribution >= 4 is 18.0 Å². The molecule has 0 aliphatic heterocycles. The maximum absolute atomic E-state index is 12.4. The second kappa shape index (κ2) is 9.02. The molecule has 5 rings (SSSR count). The fraction of sp³-hybridized carbons (Fsp3) is 0.192. The van der Waals surface area contributed by atoms with Crippen LogP contribution in [0.5, 0.6) is 0 Å². The summed E-state index contributed by atoms with van der Waals surface area (Å²) >= 11 is 0. The zero-order chi connectivity index (χ0) is 24.4. The van der Waals surface area contributed by atoms with Gasteiger partial charge in [0.05, 0.1) is 11.1 Å². The summed E-state index contributed by atoms with van der Waals surface area (Å²) in [7, 11) is 0. The Morgan fingerprint density at radius 3 is 2.20 bits per heavy atom. The first-order chi connectivity index (χ1) is 17.0. The second-order valence-electron chi connectivity index (χ2n) is 8.51. The smallest absolute Gasteiger partial charge is 0.414 e. The first-order valence-corrected chi connectivity index (χ1v) is 11.2. The normalized spacial score (nSPS) is 14.7. The first kappa shape index (κ1) is 22.3. The van der Waals surface area contributed by atoms with Gasteiger partial charge in [-0.15, -0.1) is 0 Å². The zero-order valence-corrected chi connectivity index (χ0v) is 19.0. The van der Waals surface area contributed by atoms with Crippen molar-refractivity contribution in [3.05, 3.63) is 90.0 Å². The number of ether oxygens (including phenoxy) is 1. The second-order valence-corrected chi connectivity index (χ2v) is 8.51. The number of hydrogen-bond acceptors (Lipinski definition) is 6. The lowest BCUT2D eigenvalue weighted by Crippen LogP contribution is -2.19. The number of amides is 1. The van der Waals surface area contributed by atoms with Crippen molar-refractivity contribution in [2.24, 2.45) is 0 Å². The molecule has 4 aromatic rings. The van der Waals surface area contributed by atoms with Crippen molar-refractivity contribution in [1.82, 2.24) is 20.2 Å². The number of nitrogens with one attached hydrogen (secondary N) is 1. The molecule has 0 radical (unpaired) electrons. The minimum absolute atomic E-state index is 0.135. The Hall–Kier alpha value is -4.53. The molecule has 1 unspecified atom stereocenters. The van der Waals surface area contributed by atoms with Gasteiger partial charge in [0, 0.05) is 0 Å². The standard InChI is InChI=1S/C26H23N5O4/c1-17(18-5-3-2-4-6-18)35-25(34)27-24-28-29-30-31(24)22-13-9-20(10-14-22)19-7-11-21(12-8-19)26(15-16-26)23(32)33/h2-14,17H,15-16H2,1H3,(H,32,33)(H,27,28,30,34). The summed E-state index contributed by atoms with van der Waals surface area (Å²) in [6.07, 6.45) is 0.259. The number of tetrazole rings is 1. The molecule has 1 atom stereocenters. The maximum Gasteiger partial charge on any atom is 0.414 e. The highest BCUT2D eigenvalue weighted by Gasteiger charge is 2.51. The van der Waals surface area contributed by atoms with E-state index in [1.165, 1.54) is 4.68 Å². The summed E-state index contributed by atoms with van der Waals surface area (Å²) in [4.78, 5) is 23.9. The molecule has 176 valence electrons. The lowest BCUT2D eigenvalue weighted by atomic mass is 9.94. The molecule has 1 aliphatic rings. The van der Waals surface area contributed by atoms with E-state index in [2.05, 4.69) is 20.8 Å². The van der Waals surface area contributed by atoms with Gasteiger partial charge in [-0.1, -0.05) is 71.8 Å². The SMILES string of the molecule is CC(OC(=O)Nc1nnnn1-c1ccc(-c2ccc(C3(C(=O)O)CC3)cc2)cc1)c1ccccc1. The minimum atomic E-state index is -0.765. The number of anilines is 1. The van der Waals surface area contributed by atoms with Gasteiger partial charge >= 0.3 is 12.1 Å². The largest absolute Gasteiger partial charge is 0.481 e. The summed E-state index contributed by atoms with van der Waals surface area (Å²) < 4.78 is 6.84. The molecule has 9 nitrogen and oxygen atoms in total. The van der Waals surface area contributed by atoms with Gasteiger partial charge < -0.3 is 9.84 Å². The van der Waals surface area contributed by atoms with Crippen molar-refractivity contribution in [2.75, 3.05) is 5.32 Å². The number of carbonyl (C=O) groups is 2. The quantitative estimate of drug-likeness (QED) is 0.401. The molecule has 1 heterocycles. The highest BCUT2D eigenvalue weighted by Crippen LogP contribution is 2.48. The number of hydrogen-bond donors (Lipinski definition) is 2. The Balaban J connectivity index is 1.27. The van der Waals surface area contributed by atoms with Gasteiger partial charge in [-0.05, 0) is 64.6 Å². The fourth-order valence-corrected chi connectivity index (χ4v) is 4.04. The van der Waals surface area contributed by atoms with Crippen LogP contribution in [-0.4, -0.2) is 37.4 Å². The number of carboxylic acids is 1. The van der Waals surface area contributed by atoms with Gasteiger partial charge in [-0.3, -0.25) is 10.1 Å². The van der Waals surface area contributed by atoms with Crippen LogP contribution in [0.2, 0.25) is 0 Å². The molecule has 1 fully saturated rings. The topological polar surface area (TPSA) is 119 Å². The Morgan fingerprint density at radius 1 is 0.971 bits per heavy atom. The Morgan fingerprint density at radius 2 is 1.60 bits per heavy atom. The number of nitrogens with zero attached hydrogens (tertiary/aromatic N) is 4. The van der Waals surface area contributed by atoms with E-state index in [-0.39, 0.29) is 5.95 Å². The number of aliphatic carboxylic acids is 1. The molecule has 1 saturated carbocycles. The monoisotopic (exact) mass is 469 g/mol. The molecular weight excluding hydrogens is 446 g/mol. The van der Waals surface area contributed by atoms with Crippen molar-refractivity contribution < 1.29 is 19.4 Å². The van der Waals surface area contributed by atoms with E-state index in [4.69, 9.17) is 4.74 Å². The third-order valence-electron chi connectivity index (χ3n) is 6.28. The maximum atomic E-state index is 12.4. The molecule has 0 spiro atoms. The average Bonchev–Trinajstić information content (AvgIpc) is 3.58. The number of benzene rings is 3. The van der Waals surface area contributed by atoms with E-state index in [9.17, 15) is 14.7 Å². The lowest BCUT2D eigenvalue weighted by Gasteiger charge is -2.14. The van der Waals surface area contributed by atoms with Crippen LogP contribution in [-0.2, 0) is 14.9 Å². The number of carbonyl (C=O) groups excluding carboxylic acids is 1. The summed E-state index contributed by atoms with van der Waals surface area (Å²) in [5.74, 6) is -0.630. The first-order valence-electron chi connectivity index (χ1n) is 11.2. The Kier molecular flexibility index (Phi) is 5.74. The molecular formula is C26H23N5O4. The molecule has 0 bridgehead atoms. The van der Waals surface area contributed by atoms with Crippen molar-refractivity contribution in [3.63, 3.8) is 0 Å². The van der Waals surface area contributed by atoms with Crippen molar-refractivity contribution in [1.29, 1.82) is 0 Å². The van der Waals surface area contributed by atoms with E-state index in [0.717, 1.165) is 22.3 Å². The molecule has 1 amide bonds. The summed E-state index contributed by atoms with van der Waals surface area (Å²) in [6, 6.07) is 24.6. The van der Waals surface area contributed by atoms with Crippen LogP contribution in [0.4, 0.5) is 10.7 Å². The molecule has 1 aromatic heterocycles. The number of rotatable bonds is 7. The van der Waals surface area contributed by atoms with Gasteiger partial charge in [-0.2, -0.15) is 4.68 Å². The van der Waals surface area contributed by atoms with E-state index < -0.39 is 23.6 Å². The van der Waals surface area contributed by atoms with Gasteiger partial charge in [0.15, 0.2) is 0 Å². The average molecular weight is 470 g/mol. The van der Waals surface area contributed by atoms with Crippen molar-refractivity contribution in [2.45, 2.75) is 31.3 Å². The van der Waals surface area contributed by atoms with Crippen LogP contribution in [0.15, 0.2) is 78.9 Å². The van der Waals surface area contributed by atoms with E-state index in [1.807, 2.05) is 78.9 Å². The summed E-state index contributed by atoms with van der Waals surface area (Å²) in [5.41, 5.74) is 3.58. The zero-order valence-electron chi connectivity index (χ0n) is 19.0. The summed E-state index contributed by atoms with van der Waals surface area (Å²) in [5, 5.41) is 23.6. The Labute approximate surface area is 201 Å². The van der Waals surface area contributed by atoms with E-state index in [0.29, 0.717) is 18.5 Å². The highest BCUT2D eigenvalue weighted by molar-refractivity contribution is 5.85. The molecule has 9 heteroatoms. The molecule has 1 aliphatic carbocycles. The molecule has 3 aromatic carbocycles. The van der Waals surface area contributed by atoms with Gasteiger partial charge in [0.1, 0.15) is 6.10 Å². The molecule has 2 N–H and O–H groups in total. The van der Waals surface area contributed by atoms with E-state index >= 15 is 0 Å². The predicted molar refractivity (Wildman–Crippen MR) is 128 cm³/mol. The van der Waals surface area contributed by atoms with Crippen LogP contribution in [0, 0.1) is 0 Å². The third kappa shape index (κ3) is 4.48.